The Bertz CT molecular complexity index is 1140. The summed E-state index contributed by atoms with van der Waals surface area (Å²) < 4.78 is 6.20. The molecular formula is C20H17N3O2S2. The molecule has 0 atom stereocenters. The van der Waals surface area contributed by atoms with Gasteiger partial charge < -0.3 is 10.1 Å². The molecule has 0 aliphatic heterocycles. The van der Waals surface area contributed by atoms with Crippen molar-refractivity contribution in [3.8, 4) is 5.75 Å². The number of carbonyl (C=O) groups excluding carboxylic acids is 1. The van der Waals surface area contributed by atoms with E-state index in [1.165, 1.54) is 23.1 Å². The van der Waals surface area contributed by atoms with Crippen LogP contribution in [0.15, 0.2) is 53.6 Å². The average molecular weight is 396 g/mol. The Morgan fingerprint density at radius 3 is 2.85 bits per heavy atom. The molecule has 1 N–H and O–H groups in total. The summed E-state index contributed by atoms with van der Waals surface area (Å²) in [6.45, 7) is 2.06. The van der Waals surface area contributed by atoms with Gasteiger partial charge in [-0.25, -0.2) is 9.97 Å². The molecule has 2 aromatic carbocycles. The smallest absolute Gasteiger partial charge is 0.236 e. The van der Waals surface area contributed by atoms with E-state index in [4.69, 9.17) is 4.74 Å². The summed E-state index contributed by atoms with van der Waals surface area (Å²) in [6.07, 6.45) is 0. The number of thioether (sulfide) groups is 1. The van der Waals surface area contributed by atoms with Crippen LogP contribution in [0, 0.1) is 6.92 Å². The molecule has 1 amide bonds. The van der Waals surface area contributed by atoms with E-state index in [1.807, 2.05) is 42.5 Å². The molecule has 0 aliphatic carbocycles. The van der Waals surface area contributed by atoms with Crippen LogP contribution in [0.25, 0.3) is 21.1 Å². The number of para-hydroxylation sites is 1. The number of nitrogens with zero attached hydrogens (tertiary/aromatic N) is 2. The predicted molar refractivity (Wildman–Crippen MR) is 112 cm³/mol. The lowest BCUT2D eigenvalue weighted by Crippen LogP contribution is -2.13. The molecule has 2 aromatic heterocycles. The van der Waals surface area contributed by atoms with Crippen LogP contribution in [0.3, 0.4) is 0 Å². The van der Waals surface area contributed by atoms with Gasteiger partial charge >= 0.3 is 0 Å². The molecule has 27 heavy (non-hydrogen) atoms. The van der Waals surface area contributed by atoms with Crippen molar-refractivity contribution >= 4 is 55.3 Å². The molecule has 4 aromatic rings. The third-order valence-corrected chi connectivity index (χ3v) is 5.94. The standard InChI is InChI=1S/C20H17N3O2S2/c1-12-9-19(21-15-6-4-3-5-14(12)15)26-11-18(24)23-20-22-16-8-7-13(25-2)10-17(16)27-20/h3-10H,11H2,1-2H3,(H,22,23,24). The van der Waals surface area contributed by atoms with E-state index in [-0.39, 0.29) is 11.7 Å². The van der Waals surface area contributed by atoms with Gasteiger partial charge in [-0.1, -0.05) is 41.3 Å². The Balaban J connectivity index is 1.44. The fourth-order valence-corrected chi connectivity index (χ4v) is 4.46. The number of anilines is 1. The number of hydrogen-bond donors (Lipinski definition) is 1. The van der Waals surface area contributed by atoms with Crippen LogP contribution in [0.4, 0.5) is 5.13 Å². The van der Waals surface area contributed by atoms with E-state index in [9.17, 15) is 4.79 Å². The molecule has 4 rings (SSSR count). The third kappa shape index (κ3) is 3.89. The molecule has 0 saturated heterocycles. The Labute approximate surface area is 164 Å². The normalized spacial score (nSPS) is 11.0. The quantitative estimate of drug-likeness (QED) is 0.487. The molecule has 0 aliphatic rings. The lowest BCUT2D eigenvalue weighted by Gasteiger charge is -2.06. The van der Waals surface area contributed by atoms with Crippen LogP contribution in [0.1, 0.15) is 5.56 Å². The highest BCUT2D eigenvalue weighted by Gasteiger charge is 2.10. The van der Waals surface area contributed by atoms with Crippen molar-refractivity contribution in [2.45, 2.75) is 11.9 Å². The van der Waals surface area contributed by atoms with Gasteiger partial charge in [-0.15, -0.1) is 0 Å². The Hall–Kier alpha value is -2.64. The Morgan fingerprint density at radius 1 is 1.15 bits per heavy atom. The molecule has 2 heterocycles. The van der Waals surface area contributed by atoms with Crippen molar-refractivity contribution < 1.29 is 9.53 Å². The first-order chi connectivity index (χ1) is 13.1. The number of thiazole rings is 1. The van der Waals surface area contributed by atoms with Crippen molar-refractivity contribution in [1.29, 1.82) is 0 Å². The Morgan fingerprint density at radius 2 is 2.00 bits per heavy atom. The van der Waals surface area contributed by atoms with Crippen molar-refractivity contribution in [1.82, 2.24) is 9.97 Å². The Kier molecular flexibility index (Phi) is 4.96. The van der Waals surface area contributed by atoms with Crippen LogP contribution in [-0.4, -0.2) is 28.7 Å². The highest BCUT2D eigenvalue weighted by molar-refractivity contribution is 7.99. The van der Waals surface area contributed by atoms with Gasteiger partial charge in [0.05, 0.1) is 33.6 Å². The number of hydrogen-bond acceptors (Lipinski definition) is 6. The highest BCUT2D eigenvalue weighted by atomic mass is 32.2. The molecular weight excluding hydrogens is 378 g/mol. The topological polar surface area (TPSA) is 64.1 Å². The number of pyridine rings is 1. The first kappa shape index (κ1) is 17.8. The molecule has 5 nitrogen and oxygen atoms in total. The molecule has 0 saturated carbocycles. The summed E-state index contributed by atoms with van der Waals surface area (Å²) in [7, 11) is 1.63. The maximum atomic E-state index is 12.3. The summed E-state index contributed by atoms with van der Waals surface area (Å²) in [5.41, 5.74) is 2.94. The zero-order valence-electron chi connectivity index (χ0n) is 14.9. The summed E-state index contributed by atoms with van der Waals surface area (Å²) in [6, 6.07) is 15.7. The van der Waals surface area contributed by atoms with Crippen LogP contribution in [0.2, 0.25) is 0 Å². The maximum absolute atomic E-state index is 12.3. The first-order valence-electron chi connectivity index (χ1n) is 8.36. The van der Waals surface area contributed by atoms with Crippen LogP contribution < -0.4 is 10.1 Å². The molecule has 0 spiro atoms. The maximum Gasteiger partial charge on any atom is 0.236 e. The van der Waals surface area contributed by atoms with E-state index < -0.39 is 0 Å². The summed E-state index contributed by atoms with van der Waals surface area (Å²) in [5, 5.41) is 5.44. The number of fused-ring (bicyclic) bond motifs is 2. The molecule has 136 valence electrons. The fourth-order valence-electron chi connectivity index (χ4n) is 2.77. The van der Waals surface area contributed by atoms with E-state index in [1.54, 1.807) is 7.11 Å². The summed E-state index contributed by atoms with van der Waals surface area (Å²) in [5.74, 6) is 0.959. The van der Waals surface area contributed by atoms with Gasteiger partial charge in [-0.3, -0.25) is 4.79 Å². The third-order valence-electron chi connectivity index (χ3n) is 4.09. The lowest BCUT2D eigenvalue weighted by atomic mass is 10.1. The number of benzene rings is 2. The average Bonchev–Trinajstić information content (AvgIpc) is 3.07. The van der Waals surface area contributed by atoms with Gasteiger partial charge in [0.1, 0.15) is 5.75 Å². The first-order valence-corrected chi connectivity index (χ1v) is 10.2. The highest BCUT2D eigenvalue weighted by Crippen LogP contribution is 2.29. The number of ether oxygens (including phenoxy) is 1. The minimum absolute atomic E-state index is 0.0985. The van der Waals surface area contributed by atoms with Gasteiger partial charge in [-0.05, 0) is 42.8 Å². The number of amides is 1. The number of nitrogens with one attached hydrogen (secondary N) is 1. The molecule has 0 radical (unpaired) electrons. The van der Waals surface area contributed by atoms with Crippen molar-refractivity contribution in [3.05, 3.63) is 54.1 Å². The monoisotopic (exact) mass is 395 g/mol. The SMILES string of the molecule is COc1ccc2nc(NC(=O)CSc3cc(C)c4ccccc4n3)sc2c1. The van der Waals surface area contributed by atoms with Gasteiger partial charge in [0, 0.05) is 5.39 Å². The van der Waals surface area contributed by atoms with Crippen molar-refractivity contribution in [3.63, 3.8) is 0 Å². The van der Waals surface area contributed by atoms with Gasteiger partial charge in [0.15, 0.2) is 5.13 Å². The lowest BCUT2D eigenvalue weighted by molar-refractivity contribution is -0.113. The summed E-state index contributed by atoms with van der Waals surface area (Å²) in [4.78, 5) is 21.4. The van der Waals surface area contributed by atoms with E-state index in [0.29, 0.717) is 5.13 Å². The second kappa shape index (κ2) is 7.54. The van der Waals surface area contributed by atoms with E-state index in [0.717, 1.165) is 37.5 Å². The van der Waals surface area contributed by atoms with Crippen LogP contribution >= 0.6 is 23.1 Å². The van der Waals surface area contributed by atoms with Gasteiger partial charge in [-0.2, -0.15) is 0 Å². The molecule has 7 heteroatoms. The number of aryl methyl sites for hydroxylation is 1. The van der Waals surface area contributed by atoms with E-state index in [2.05, 4.69) is 28.3 Å². The van der Waals surface area contributed by atoms with Gasteiger partial charge in [0.25, 0.3) is 0 Å². The number of methoxy groups -OCH3 is 1. The zero-order chi connectivity index (χ0) is 18.8. The van der Waals surface area contributed by atoms with Crippen molar-refractivity contribution in [2.24, 2.45) is 0 Å². The minimum atomic E-state index is -0.0985. The van der Waals surface area contributed by atoms with Crippen LogP contribution in [0.5, 0.6) is 5.75 Å². The number of aromatic nitrogens is 2. The second-order valence-electron chi connectivity index (χ2n) is 5.98. The molecule has 0 unspecified atom stereocenters. The largest absolute Gasteiger partial charge is 0.497 e. The van der Waals surface area contributed by atoms with Crippen molar-refractivity contribution in [2.75, 3.05) is 18.2 Å². The fraction of sp³-hybridized carbons (Fsp3) is 0.150. The van der Waals surface area contributed by atoms with E-state index >= 15 is 0 Å². The zero-order valence-corrected chi connectivity index (χ0v) is 16.5. The number of carbonyl (C=O) groups is 1. The van der Waals surface area contributed by atoms with Gasteiger partial charge in [0.2, 0.25) is 5.91 Å². The second-order valence-corrected chi connectivity index (χ2v) is 8.01. The minimum Gasteiger partial charge on any atom is -0.497 e. The summed E-state index contributed by atoms with van der Waals surface area (Å²) >= 11 is 2.86. The predicted octanol–water partition coefficient (Wildman–Crippen LogP) is 4.89. The number of rotatable bonds is 5. The molecule has 0 fully saturated rings. The molecule has 0 bridgehead atoms. The van der Waals surface area contributed by atoms with Crippen LogP contribution in [-0.2, 0) is 4.79 Å².